The van der Waals surface area contributed by atoms with Crippen LogP contribution in [-0.4, -0.2) is 21.9 Å². The second-order valence-corrected chi connectivity index (χ2v) is 4.39. The van der Waals surface area contributed by atoms with E-state index in [1.54, 1.807) is 0 Å². The van der Waals surface area contributed by atoms with Crippen LogP contribution in [0.25, 0.3) is 0 Å². The van der Waals surface area contributed by atoms with Gasteiger partial charge in [-0.1, -0.05) is 26.2 Å². The Hall–Kier alpha value is -0.0800. The lowest BCUT2D eigenvalue weighted by Crippen LogP contribution is -2.32. The van der Waals surface area contributed by atoms with Crippen molar-refractivity contribution in [3.63, 3.8) is 0 Å². The Bertz CT molecular complexity index is 139. The first-order chi connectivity index (χ1) is 6.16. The monoisotopic (exact) mass is 186 g/mol. The highest BCUT2D eigenvalue weighted by atomic mass is 16.3. The molecular formula is C11H22O2. The minimum atomic E-state index is -0.450. The summed E-state index contributed by atoms with van der Waals surface area (Å²) in [5, 5.41) is 19.5. The molecule has 1 fully saturated rings. The highest BCUT2D eigenvalue weighted by Crippen LogP contribution is 2.32. The van der Waals surface area contributed by atoms with Crippen LogP contribution in [0.5, 0.6) is 0 Å². The summed E-state index contributed by atoms with van der Waals surface area (Å²) in [6.45, 7) is 1.98. The molecule has 2 nitrogen and oxygen atoms in total. The highest BCUT2D eigenvalue weighted by Gasteiger charge is 2.28. The molecule has 0 bridgehead atoms. The largest absolute Gasteiger partial charge is 0.393 e. The normalized spacial score (nSPS) is 24.2. The molecule has 0 heterocycles. The minimum Gasteiger partial charge on any atom is -0.393 e. The maximum Gasteiger partial charge on any atom is 0.0648 e. The molecule has 0 aromatic rings. The fourth-order valence-electron chi connectivity index (χ4n) is 2.10. The van der Waals surface area contributed by atoms with Gasteiger partial charge in [0.05, 0.1) is 11.7 Å². The van der Waals surface area contributed by atoms with E-state index in [9.17, 15) is 10.2 Å². The van der Waals surface area contributed by atoms with Crippen LogP contribution in [0, 0.1) is 0 Å². The Kier molecular flexibility index (Phi) is 4.20. The first kappa shape index (κ1) is 11.0. The molecule has 2 heteroatoms. The molecule has 1 saturated carbocycles. The molecule has 1 aliphatic carbocycles. The molecule has 0 spiro atoms. The average Bonchev–Trinajstić information content (AvgIpc) is 2.15. The standard InChI is InChI=1S/C11H22O2/c1-2-10(12)6-9-11(13)7-4-3-5-8-11/h10,12-13H,2-9H2,1H3. The second kappa shape index (κ2) is 4.97. The van der Waals surface area contributed by atoms with Crippen LogP contribution < -0.4 is 0 Å². The van der Waals surface area contributed by atoms with Crippen LogP contribution >= 0.6 is 0 Å². The molecule has 0 radical (unpaired) electrons. The van der Waals surface area contributed by atoms with E-state index in [1.807, 2.05) is 6.92 Å². The van der Waals surface area contributed by atoms with Crippen molar-refractivity contribution >= 4 is 0 Å². The lowest BCUT2D eigenvalue weighted by Gasteiger charge is -2.32. The van der Waals surface area contributed by atoms with Crippen LogP contribution in [0.3, 0.4) is 0 Å². The smallest absolute Gasteiger partial charge is 0.0648 e. The van der Waals surface area contributed by atoms with Gasteiger partial charge in [0.15, 0.2) is 0 Å². The zero-order valence-corrected chi connectivity index (χ0v) is 8.63. The molecule has 0 aromatic heterocycles. The summed E-state index contributed by atoms with van der Waals surface area (Å²) >= 11 is 0. The molecule has 0 amide bonds. The molecule has 0 saturated heterocycles. The third-order valence-corrected chi connectivity index (χ3v) is 3.20. The Morgan fingerprint density at radius 1 is 1.23 bits per heavy atom. The van der Waals surface area contributed by atoms with Gasteiger partial charge in [-0.25, -0.2) is 0 Å². The fraction of sp³-hybridized carbons (Fsp3) is 1.00. The van der Waals surface area contributed by atoms with Crippen molar-refractivity contribution < 1.29 is 10.2 Å². The molecule has 78 valence electrons. The van der Waals surface area contributed by atoms with Gasteiger partial charge in [-0.3, -0.25) is 0 Å². The van der Waals surface area contributed by atoms with E-state index < -0.39 is 5.60 Å². The number of aliphatic hydroxyl groups is 2. The van der Waals surface area contributed by atoms with E-state index >= 15 is 0 Å². The lowest BCUT2D eigenvalue weighted by atomic mass is 9.81. The van der Waals surface area contributed by atoms with Crippen LogP contribution in [-0.2, 0) is 0 Å². The van der Waals surface area contributed by atoms with Crippen molar-refractivity contribution in [3.8, 4) is 0 Å². The lowest BCUT2D eigenvalue weighted by molar-refractivity contribution is -0.0158. The van der Waals surface area contributed by atoms with Gasteiger partial charge in [-0.15, -0.1) is 0 Å². The first-order valence-corrected chi connectivity index (χ1v) is 5.57. The third kappa shape index (κ3) is 3.65. The summed E-state index contributed by atoms with van der Waals surface area (Å²) in [6.07, 6.45) is 7.56. The molecule has 0 aliphatic heterocycles. The van der Waals surface area contributed by atoms with E-state index in [-0.39, 0.29) is 6.10 Å². The van der Waals surface area contributed by atoms with Crippen molar-refractivity contribution in [2.24, 2.45) is 0 Å². The third-order valence-electron chi connectivity index (χ3n) is 3.20. The summed E-state index contributed by atoms with van der Waals surface area (Å²) in [5.74, 6) is 0. The number of aliphatic hydroxyl groups excluding tert-OH is 1. The fourth-order valence-corrected chi connectivity index (χ4v) is 2.10. The Labute approximate surface area is 81.0 Å². The van der Waals surface area contributed by atoms with Gasteiger partial charge >= 0.3 is 0 Å². The summed E-state index contributed by atoms with van der Waals surface area (Å²) in [4.78, 5) is 0. The van der Waals surface area contributed by atoms with E-state index in [1.165, 1.54) is 6.42 Å². The van der Waals surface area contributed by atoms with Crippen molar-refractivity contribution in [3.05, 3.63) is 0 Å². The molecule has 2 N–H and O–H groups in total. The number of rotatable bonds is 4. The van der Waals surface area contributed by atoms with Gasteiger partial charge < -0.3 is 10.2 Å². The van der Waals surface area contributed by atoms with E-state index in [4.69, 9.17) is 0 Å². The van der Waals surface area contributed by atoms with E-state index in [0.717, 1.165) is 44.9 Å². The number of hydrogen-bond acceptors (Lipinski definition) is 2. The first-order valence-electron chi connectivity index (χ1n) is 5.57. The Morgan fingerprint density at radius 3 is 2.38 bits per heavy atom. The van der Waals surface area contributed by atoms with Crippen molar-refractivity contribution in [1.29, 1.82) is 0 Å². The quantitative estimate of drug-likeness (QED) is 0.707. The highest BCUT2D eigenvalue weighted by molar-refractivity contribution is 4.82. The molecule has 1 rings (SSSR count). The van der Waals surface area contributed by atoms with Crippen molar-refractivity contribution in [1.82, 2.24) is 0 Å². The van der Waals surface area contributed by atoms with Gasteiger partial charge in [0.25, 0.3) is 0 Å². The maximum atomic E-state index is 10.1. The van der Waals surface area contributed by atoms with Crippen molar-refractivity contribution in [2.75, 3.05) is 0 Å². The topological polar surface area (TPSA) is 40.5 Å². The Morgan fingerprint density at radius 2 is 1.85 bits per heavy atom. The molecule has 13 heavy (non-hydrogen) atoms. The zero-order chi connectivity index (χ0) is 9.73. The van der Waals surface area contributed by atoms with Gasteiger partial charge in [0.1, 0.15) is 0 Å². The number of hydrogen-bond donors (Lipinski definition) is 2. The SMILES string of the molecule is CCC(O)CCC1(O)CCCCC1. The predicted molar refractivity (Wildman–Crippen MR) is 53.6 cm³/mol. The van der Waals surface area contributed by atoms with Gasteiger partial charge in [-0.2, -0.15) is 0 Å². The Balaban J connectivity index is 2.24. The van der Waals surface area contributed by atoms with Gasteiger partial charge in [0, 0.05) is 0 Å². The van der Waals surface area contributed by atoms with Crippen LogP contribution in [0.1, 0.15) is 58.3 Å². The predicted octanol–water partition coefficient (Wildman–Crippen LogP) is 2.23. The molecular weight excluding hydrogens is 164 g/mol. The van der Waals surface area contributed by atoms with Crippen molar-refractivity contribution in [2.45, 2.75) is 70.0 Å². The van der Waals surface area contributed by atoms with Crippen LogP contribution in [0.15, 0.2) is 0 Å². The zero-order valence-electron chi connectivity index (χ0n) is 8.63. The second-order valence-electron chi connectivity index (χ2n) is 4.39. The minimum absolute atomic E-state index is 0.217. The van der Waals surface area contributed by atoms with E-state index in [0.29, 0.717) is 0 Å². The van der Waals surface area contributed by atoms with E-state index in [2.05, 4.69) is 0 Å². The van der Waals surface area contributed by atoms with Gasteiger partial charge in [0.2, 0.25) is 0 Å². The van der Waals surface area contributed by atoms with Crippen LogP contribution in [0.2, 0.25) is 0 Å². The van der Waals surface area contributed by atoms with Crippen LogP contribution in [0.4, 0.5) is 0 Å². The summed E-state index contributed by atoms with van der Waals surface area (Å²) in [6, 6.07) is 0. The molecule has 1 aliphatic rings. The molecule has 1 atom stereocenters. The molecule has 1 unspecified atom stereocenters. The van der Waals surface area contributed by atoms with Gasteiger partial charge in [-0.05, 0) is 32.1 Å². The summed E-state index contributed by atoms with van der Waals surface area (Å²) < 4.78 is 0. The average molecular weight is 186 g/mol. The summed E-state index contributed by atoms with van der Waals surface area (Å²) in [7, 11) is 0. The maximum absolute atomic E-state index is 10.1. The molecule has 0 aromatic carbocycles. The summed E-state index contributed by atoms with van der Waals surface area (Å²) in [5.41, 5.74) is -0.450.